The van der Waals surface area contributed by atoms with E-state index in [1.54, 1.807) is 43.8 Å². The lowest BCUT2D eigenvalue weighted by Crippen LogP contribution is -2.64. The number of fused-ring (bicyclic) bond motifs is 2. The molecule has 2 N–H and O–H groups in total. The summed E-state index contributed by atoms with van der Waals surface area (Å²) < 4.78 is 48.6. The number of imidazole rings is 1. The van der Waals surface area contributed by atoms with E-state index in [1.807, 2.05) is 18.7 Å². The second-order valence-electron chi connectivity index (χ2n) is 16.4. The molecule has 8 rings (SSSR count). The van der Waals surface area contributed by atoms with Gasteiger partial charge in [0.1, 0.15) is 5.52 Å². The highest BCUT2D eigenvalue weighted by Crippen LogP contribution is 2.56. The van der Waals surface area contributed by atoms with Crippen LogP contribution in [0.25, 0.3) is 22.3 Å². The third-order valence-corrected chi connectivity index (χ3v) is 12.4. The number of rotatable bonds is 8. The Bertz CT molecular complexity index is 2190. The topological polar surface area (TPSA) is 108 Å². The summed E-state index contributed by atoms with van der Waals surface area (Å²) in [6.45, 7) is 13.8. The predicted octanol–water partition coefficient (Wildman–Crippen LogP) is 8.06. The van der Waals surface area contributed by atoms with E-state index in [1.165, 1.54) is 25.7 Å². The molecule has 280 valence electrons. The van der Waals surface area contributed by atoms with Gasteiger partial charge in [-0.2, -0.15) is 4.39 Å². The Hall–Kier alpha value is -4.23. The van der Waals surface area contributed by atoms with E-state index >= 15 is 13.2 Å². The Morgan fingerprint density at radius 1 is 1.06 bits per heavy atom. The molecule has 1 saturated heterocycles. The average molecular weight is 749 g/mol. The Morgan fingerprint density at radius 3 is 2.47 bits per heavy atom. The molecule has 3 aromatic heterocycles. The summed E-state index contributed by atoms with van der Waals surface area (Å²) in [4.78, 5) is 44.9. The first-order chi connectivity index (χ1) is 25.1. The standard InChI is InChI=1S/C39H44ClF3N8O2/c1-7-44-35(52)23-13-25(29(41)30(42)28(23)40)47-34-31-26(45-19-50(31)20(2)3)15-24(46-34)22-14-27-32(48-33(22)43)37(4,5)36(53)51(27)21-16-38(6,17-21)49-12-8-9-39(18-49)10-11-39/h13-15,19-21H,7-12,16-18H2,1-6H3,(H,44,52)(H,46,47)/t21-,38+. The van der Waals surface area contributed by atoms with Crippen LogP contribution < -0.4 is 15.5 Å². The number of likely N-dealkylation sites (tertiary alicyclic amines) is 1. The van der Waals surface area contributed by atoms with Crippen molar-refractivity contribution in [3.05, 3.63) is 58.4 Å². The minimum absolute atomic E-state index is 0.0139. The Kier molecular flexibility index (Phi) is 8.38. The molecule has 10 nitrogen and oxygen atoms in total. The van der Waals surface area contributed by atoms with Crippen molar-refractivity contribution in [3.63, 3.8) is 0 Å². The van der Waals surface area contributed by atoms with Gasteiger partial charge in [0.15, 0.2) is 17.5 Å². The van der Waals surface area contributed by atoms with Crippen LogP contribution in [0.5, 0.6) is 0 Å². The quantitative estimate of drug-likeness (QED) is 0.139. The Labute approximate surface area is 311 Å². The zero-order chi connectivity index (χ0) is 37.8. The van der Waals surface area contributed by atoms with Gasteiger partial charge in [-0.1, -0.05) is 11.6 Å². The largest absolute Gasteiger partial charge is 0.352 e. The maximum atomic E-state index is 16.2. The fourth-order valence-electron chi connectivity index (χ4n) is 8.75. The number of piperidine rings is 1. The van der Waals surface area contributed by atoms with Crippen molar-refractivity contribution in [1.82, 2.24) is 29.7 Å². The number of benzene rings is 1. The van der Waals surface area contributed by atoms with Crippen molar-refractivity contribution in [2.45, 2.75) is 103 Å². The van der Waals surface area contributed by atoms with Crippen LogP contribution in [-0.4, -0.2) is 67.4 Å². The summed E-state index contributed by atoms with van der Waals surface area (Å²) in [6.07, 6.45) is 8.30. The van der Waals surface area contributed by atoms with Gasteiger partial charge in [-0.3, -0.25) is 14.5 Å². The highest BCUT2D eigenvalue weighted by molar-refractivity contribution is 6.34. The molecule has 1 aromatic carbocycles. The molecule has 2 aliphatic carbocycles. The molecule has 1 spiro atoms. The number of hydrogen-bond donors (Lipinski definition) is 2. The fraction of sp³-hybridized carbons (Fsp3) is 0.513. The first-order valence-corrected chi connectivity index (χ1v) is 18.9. The van der Waals surface area contributed by atoms with E-state index in [2.05, 4.69) is 32.4 Å². The highest BCUT2D eigenvalue weighted by atomic mass is 35.5. The van der Waals surface area contributed by atoms with Gasteiger partial charge in [0.05, 0.1) is 56.2 Å². The average Bonchev–Trinajstić information content (AvgIpc) is 3.63. The normalized spacial score (nSPS) is 23.1. The monoisotopic (exact) mass is 748 g/mol. The van der Waals surface area contributed by atoms with E-state index < -0.39 is 39.6 Å². The van der Waals surface area contributed by atoms with Gasteiger partial charge >= 0.3 is 0 Å². The van der Waals surface area contributed by atoms with Gasteiger partial charge in [-0.15, -0.1) is 0 Å². The van der Waals surface area contributed by atoms with Crippen molar-refractivity contribution in [3.8, 4) is 11.3 Å². The molecule has 5 heterocycles. The molecule has 4 aromatic rings. The van der Waals surface area contributed by atoms with Gasteiger partial charge in [-0.25, -0.2) is 23.7 Å². The van der Waals surface area contributed by atoms with Gasteiger partial charge in [0, 0.05) is 30.7 Å². The summed E-state index contributed by atoms with van der Waals surface area (Å²) in [5, 5.41) is 4.76. The number of hydrogen-bond acceptors (Lipinski definition) is 7. The van der Waals surface area contributed by atoms with Crippen molar-refractivity contribution < 1.29 is 22.8 Å². The molecule has 53 heavy (non-hydrogen) atoms. The molecule has 0 atom stereocenters. The van der Waals surface area contributed by atoms with Crippen LogP contribution in [-0.2, 0) is 10.2 Å². The summed E-state index contributed by atoms with van der Waals surface area (Å²) >= 11 is 6.05. The number of halogens is 4. The van der Waals surface area contributed by atoms with Gasteiger partial charge < -0.3 is 20.1 Å². The lowest BCUT2D eigenvalue weighted by Gasteiger charge is -2.56. The van der Waals surface area contributed by atoms with E-state index in [0.717, 1.165) is 32.0 Å². The van der Waals surface area contributed by atoms with Crippen LogP contribution in [0.3, 0.4) is 0 Å². The number of aromatic nitrogens is 4. The Balaban J connectivity index is 1.19. The fourth-order valence-corrected chi connectivity index (χ4v) is 8.97. The van der Waals surface area contributed by atoms with Crippen LogP contribution in [0.15, 0.2) is 24.5 Å². The first kappa shape index (κ1) is 35.8. The summed E-state index contributed by atoms with van der Waals surface area (Å²) in [6, 6.07) is 4.18. The number of nitrogens with one attached hydrogen (secondary N) is 2. The summed E-state index contributed by atoms with van der Waals surface area (Å²) in [5.41, 5.74) is 0.690. The number of carbonyl (C=O) groups is 2. The third-order valence-electron chi connectivity index (χ3n) is 12.0. The van der Waals surface area contributed by atoms with Crippen LogP contribution in [0.2, 0.25) is 5.02 Å². The smallest absolute Gasteiger partial charge is 0.252 e. The lowest BCUT2D eigenvalue weighted by atomic mass is 9.70. The van der Waals surface area contributed by atoms with Gasteiger partial charge in [-0.05, 0) is 110 Å². The van der Waals surface area contributed by atoms with Crippen molar-refractivity contribution in [2.24, 2.45) is 5.41 Å². The summed E-state index contributed by atoms with van der Waals surface area (Å²) in [5.74, 6) is -4.29. The minimum atomic E-state index is -1.40. The number of amides is 2. The SMILES string of the molecule is CCNC(=O)c1cc(Nc2nc(-c3cc4c(nc3F)C(C)(C)C(=O)N4[C@H]3C[C@@](C)(N4CCCC5(CC5)C4)C3)cc3ncn(C(C)C)c23)c(F)c(F)c1Cl. The van der Waals surface area contributed by atoms with Crippen molar-refractivity contribution >= 4 is 51.6 Å². The molecule has 2 aliphatic heterocycles. The van der Waals surface area contributed by atoms with Crippen molar-refractivity contribution in [2.75, 3.05) is 29.9 Å². The number of nitrogens with zero attached hydrogens (tertiary/aromatic N) is 6. The zero-order valence-corrected chi connectivity index (χ0v) is 31.6. The van der Waals surface area contributed by atoms with Gasteiger partial charge in [0.2, 0.25) is 11.9 Å². The molecule has 14 heteroatoms. The number of anilines is 3. The molecule has 3 fully saturated rings. The highest BCUT2D eigenvalue weighted by Gasteiger charge is 2.57. The Morgan fingerprint density at radius 2 is 1.79 bits per heavy atom. The number of pyridine rings is 2. The first-order valence-electron chi connectivity index (χ1n) is 18.5. The third kappa shape index (κ3) is 5.68. The maximum absolute atomic E-state index is 16.2. The predicted molar refractivity (Wildman–Crippen MR) is 198 cm³/mol. The second-order valence-corrected chi connectivity index (χ2v) is 16.8. The van der Waals surface area contributed by atoms with Crippen molar-refractivity contribution in [1.29, 1.82) is 0 Å². The van der Waals surface area contributed by atoms with Gasteiger partial charge in [0.25, 0.3) is 5.91 Å². The molecule has 0 unspecified atom stereocenters. The molecule has 4 aliphatic rings. The van der Waals surface area contributed by atoms with Crippen LogP contribution in [0, 0.1) is 23.0 Å². The van der Waals surface area contributed by atoms with Crippen LogP contribution in [0.4, 0.5) is 30.4 Å². The molecular weight excluding hydrogens is 705 g/mol. The van der Waals surface area contributed by atoms with E-state index in [9.17, 15) is 9.59 Å². The molecule has 0 radical (unpaired) electrons. The molecular formula is C39H44ClF3N8O2. The molecule has 2 amide bonds. The van der Waals surface area contributed by atoms with E-state index in [4.69, 9.17) is 16.6 Å². The minimum Gasteiger partial charge on any atom is -0.352 e. The molecule has 2 saturated carbocycles. The van der Waals surface area contributed by atoms with Crippen LogP contribution >= 0.6 is 11.6 Å². The molecule has 0 bridgehead atoms. The zero-order valence-electron chi connectivity index (χ0n) is 30.8. The summed E-state index contributed by atoms with van der Waals surface area (Å²) in [7, 11) is 0. The maximum Gasteiger partial charge on any atom is 0.252 e. The number of carbonyl (C=O) groups excluding carboxylic acids is 2. The van der Waals surface area contributed by atoms with E-state index in [0.29, 0.717) is 27.8 Å². The second kappa shape index (κ2) is 12.4. The van der Waals surface area contributed by atoms with Crippen LogP contribution in [0.1, 0.15) is 102 Å². The lowest BCUT2D eigenvalue weighted by molar-refractivity contribution is -0.124. The van der Waals surface area contributed by atoms with E-state index in [-0.39, 0.29) is 52.7 Å².